The Morgan fingerprint density at radius 3 is 2.15 bits per heavy atom. The maximum Gasteiger partial charge on any atom is 0.176 e. The van der Waals surface area contributed by atoms with Gasteiger partial charge in [-0.2, -0.15) is 0 Å². The Bertz CT molecular complexity index is 905. The zero-order chi connectivity index (χ0) is 18.7. The summed E-state index contributed by atoms with van der Waals surface area (Å²) in [6.07, 6.45) is 0. The van der Waals surface area contributed by atoms with Crippen molar-refractivity contribution in [1.82, 2.24) is 5.16 Å². The van der Waals surface area contributed by atoms with Gasteiger partial charge in [0.25, 0.3) is 0 Å². The number of rotatable bonds is 6. The lowest BCUT2D eigenvalue weighted by Crippen LogP contribution is -1.96. The van der Waals surface area contributed by atoms with Crippen molar-refractivity contribution >= 4 is 11.6 Å². The molecule has 0 amide bonds. The average molecular weight is 376 g/mol. The number of aromatic nitrogens is 1. The van der Waals surface area contributed by atoms with Crippen molar-refractivity contribution in [2.45, 2.75) is 6.61 Å². The van der Waals surface area contributed by atoms with Crippen molar-refractivity contribution in [3.05, 3.63) is 47.0 Å². The number of hydrogen-bond acceptors (Lipinski definition) is 6. The summed E-state index contributed by atoms with van der Waals surface area (Å²) in [4.78, 5) is 0. The van der Waals surface area contributed by atoms with E-state index in [1.54, 1.807) is 45.6 Å². The lowest BCUT2D eigenvalue weighted by Gasteiger charge is -2.13. The van der Waals surface area contributed by atoms with E-state index in [4.69, 9.17) is 30.3 Å². The highest BCUT2D eigenvalue weighted by molar-refractivity contribution is 6.30. The first-order chi connectivity index (χ1) is 12.6. The van der Waals surface area contributed by atoms with Gasteiger partial charge in [0, 0.05) is 16.7 Å². The fourth-order valence-electron chi connectivity index (χ4n) is 2.71. The molecule has 0 saturated heterocycles. The first kappa shape index (κ1) is 18.1. The van der Waals surface area contributed by atoms with Crippen LogP contribution in [0.5, 0.6) is 17.2 Å². The van der Waals surface area contributed by atoms with Gasteiger partial charge in [0.1, 0.15) is 11.4 Å². The minimum Gasteiger partial charge on any atom is -0.496 e. The molecule has 0 unspecified atom stereocenters. The summed E-state index contributed by atoms with van der Waals surface area (Å²) in [6.45, 7) is -0.256. The quantitative estimate of drug-likeness (QED) is 0.696. The second-order valence-electron chi connectivity index (χ2n) is 5.41. The van der Waals surface area contributed by atoms with E-state index in [2.05, 4.69) is 5.16 Å². The molecule has 0 radical (unpaired) electrons. The molecule has 0 spiro atoms. The predicted octanol–water partition coefficient (Wildman–Crippen LogP) is 4.18. The molecule has 1 aromatic heterocycles. The summed E-state index contributed by atoms with van der Waals surface area (Å²) in [5.41, 5.74) is 2.46. The molecule has 6 nitrogen and oxygen atoms in total. The van der Waals surface area contributed by atoms with Gasteiger partial charge in [0.2, 0.25) is 0 Å². The van der Waals surface area contributed by atoms with Gasteiger partial charge in [-0.3, -0.25) is 0 Å². The summed E-state index contributed by atoms with van der Waals surface area (Å²) in [5.74, 6) is 1.94. The summed E-state index contributed by atoms with van der Waals surface area (Å²) in [7, 11) is 4.63. The third kappa shape index (κ3) is 3.21. The molecule has 0 atom stereocenters. The first-order valence-corrected chi connectivity index (χ1v) is 8.16. The Morgan fingerprint density at radius 1 is 0.962 bits per heavy atom. The molecule has 0 aliphatic heterocycles. The molecule has 3 rings (SSSR count). The number of halogens is 1. The average Bonchev–Trinajstić information content (AvgIpc) is 3.11. The molecule has 2 aromatic carbocycles. The van der Waals surface area contributed by atoms with E-state index in [1.807, 2.05) is 12.1 Å². The van der Waals surface area contributed by atoms with Crippen LogP contribution < -0.4 is 14.2 Å². The standard InChI is InChI=1S/C19H18ClNO5/c1-23-15-9-17(25-3)16(24-2)8-13(15)19-14(10-22)18(21-26-19)11-4-6-12(20)7-5-11/h4-9,22H,10H2,1-3H3. The summed E-state index contributed by atoms with van der Waals surface area (Å²) in [6, 6.07) is 10.6. The Labute approximate surface area is 155 Å². The molecule has 0 aliphatic rings. The van der Waals surface area contributed by atoms with E-state index in [0.29, 0.717) is 44.9 Å². The van der Waals surface area contributed by atoms with Crippen molar-refractivity contribution in [3.8, 4) is 39.8 Å². The summed E-state index contributed by atoms with van der Waals surface area (Å²) < 4.78 is 21.7. The molecular formula is C19H18ClNO5. The maximum absolute atomic E-state index is 9.93. The maximum atomic E-state index is 9.93. The highest BCUT2D eigenvalue weighted by Crippen LogP contribution is 2.43. The Balaban J connectivity index is 2.17. The van der Waals surface area contributed by atoms with E-state index >= 15 is 0 Å². The molecule has 7 heteroatoms. The van der Waals surface area contributed by atoms with Gasteiger partial charge in [0.05, 0.1) is 39.1 Å². The van der Waals surface area contributed by atoms with E-state index in [0.717, 1.165) is 5.56 Å². The van der Waals surface area contributed by atoms with Crippen LogP contribution in [0.1, 0.15) is 5.56 Å². The topological polar surface area (TPSA) is 74.0 Å². The number of nitrogens with zero attached hydrogens (tertiary/aromatic N) is 1. The van der Waals surface area contributed by atoms with Gasteiger partial charge in [-0.25, -0.2) is 0 Å². The molecule has 1 N–H and O–H groups in total. The largest absolute Gasteiger partial charge is 0.496 e. The lowest BCUT2D eigenvalue weighted by atomic mass is 10.0. The molecule has 0 fully saturated rings. The Hall–Kier alpha value is -2.70. The highest BCUT2D eigenvalue weighted by atomic mass is 35.5. The van der Waals surface area contributed by atoms with Crippen LogP contribution in [0.2, 0.25) is 5.02 Å². The van der Waals surface area contributed by atoms with Crippen LogP contribution in [0, 0.1) is 0 Å². The van der Waals surface area contributed by atoms with Crippen LogP contribution >= 0.6 is 11.6 Å². The summed E-state index contributed by atoms with van der Waals surface area (Å²) >= 11 is 5.94. The SMILES string of the molecule is COc1cc(OC)c(-c2onc(-c3ccc(Cl)cc3)c2CO)cc1OC. The number of methoxy groups -OCH3 is 3. The van der Waals surface area contributed by atoms with Crippen LogP contribution in [0.15, 0.2) is 40.9 Å². The van der Waals surface area contributed by atoms with E-state index < -0.39 is 0 Å². The molecule has 26 heavy (non-hydrogen) atoms. The van der Waals surface area contributed by atoms with Gasteiger partial charge in [0.15, 0.2) is 17.3 Å². The van der Waals surface area contributed by atoms with Crippen molar-refractivity contribution in [1.29, 1.82) is 0 Å². The molecule has 1 heterocycles. The Kier molecular flexibility index (Phi) is 5.35. The fourth-order valence-corrected chi connectivity index (χ4v) is 2.83. The molecule has 0 aliphatic carbocycles. The smallest absolute Gasteiger partial charge is 0.176 e. The van der Waals surface area contributed by atoms with Crippen LogP contribution in [0.25, 0.3) is 22.6 Å². The lowest BCUT2D eigenvalue weighted by molar-refractivity contribution is 0.281. The van der Waals surface area contributed by atoms with Crippen molar-refractivity contribution in [2.24, 2.45) is 0 Å². The minimum absolute atomic E-state index is 0.256. The monoisotopic (exact) mass is 375 g/mol. The van der Waals surface area contributed by atoms with E-state index in [1.165, 1.54) is 0 Å². The number of aliphatic hydroxyl groups is 1. The number of aliphatic hydroxyl groups excluding tert-OH is 1. The van der Waals surface area contributed by atoms with E-state index in [9.17, 15) is 5.11 Å². The molecule has 0 bridgehead atoms. The molecular weight excluding hydrogens is 358 g/mol. The normalized spacial score (nSPS) is 10.7. The second-order valence-corrected chi connectivity index (χ2v) is 5.85. The Morgan fingerprint density at radius 2 is 1.58 bits per heavy atom. The first-order valence-electron chi connectivity index (χ1n) is 7.78. The number of ether oxygens (including phenoxy) is 3. The van der Waals surface area contributed by atoms with Crippen LogP contribution in [-0.2, 0) is 6.61 Å². The van der Waals surface area contributed by atoms with Crippen LogP contribution in [-0.4, -0.2) is 31.6 Å². The minimum atomic E-state index is -0.256. The third-order valence-electron chi connectivity index (χ3n) is 4.01. The van der Waals surface area contributed by atoms with Gasteiger partial charge in [-0.05, 0) is 18.2 Å². The third-order valence-corrected chi connectivity index (χ3v) is 4.27. The van der Waals surface area contributed by atoms with Gasteiger partial charge in [-0.1, -0.05) is 28.9 Å². The van der Waals surface area contributed by atoms with Gasteiger partial charge < -0.3 is 23.8 Å². The second kappa shape index (κ2) is 7.68. The summed E-state index contributed by atoms with van der Waals surface area (Å²) in [5, 5.41) is 14.7. The van der Waals surface area contributed by atoms with Crippen molar-refractivity contribution in [2.75, 3.05) is 21.3 Å². The predicted molar refractivity (Wildman–Crippen MR) is 98.0 cm³/mol. The van der Waals surface area contributed by atoms with Crippen LogP contribution in [0.4, 0.5) is 0 Å². The molecule has 3 aromatic rings. The highest BCUT2D eigenvalue weighted by Gasteiger charge is 2.23. The van der Waals surface area contributed by atoms with E-state index in [-0.39, 0.29) is 6.61 Å². The number of hydrogen-bond donors (Lipinski definition) is 1. The van der Waals surface area contributed by atoms with Gasteiger partial charge >= 0.3 is 0 Å². The zero-order valence-corrected chi connectivity index (χ0v) is 15.3. The van der Waals surface area contributed by atoms with Crippen molar-refractivity contribution in [3.63, 3.8) is 0 Å². The van der Waals surface area contributed by atoms with Gasteiger partial charge in [-0.15, -0.1) is 0 Å². The molecule has 136 valence electrons. The van der Waals surface area contributed by atoms with Crippen molar-refractivity contribution < 1.29 is 23.8 Å². The molecule has 0 saturated carbocycles. The zero-order valence-electron chi connectivity index (χ0n) is 14.6. The van der Waals surface area contributed by atoms with Crippen LogP contribution in [0.3, 0.4) is 0 Å². The number of benzene rings is 2. The fraction of sp³-hybridized carbons (Fsp3) is 0.211.